The number of hydrogen-bond acceptors (Lipinski definition) is 5. The van der Waals surface area contributed by atoms with Gasteiger partial charge in [-0.05, 0) is 19.1 Å². The van der Waals surface area contributed by atoms with Crippen LogP contribution in [0.3, 0.4) is 0 Å². The fourth-order valence-electron chi connectivity index (χ4n) is 1.72. The summed E-state index contributed by atoms with van der Waals surface area (Å²) in [5, 5.41) is 0. The predicted molar refractivity (Wildman–Crippen MR) is 63.8 cm³/mol. The van der Waals surface area contributed by atoms with Crippen molar-refractivity contribution < 1.29 is 31.9 Å². The smallest absolute Gasteiger partial charge is 0.465 e. The highest BCUT2D eigenvalue weighted by Crippen LogP contribution is 2.26. The molecule has 0 saturated heterocycles. The van der Waals surface area contributed by atoms with Crippen LogP contribution in [0.1, 0.15) is 6.92 Å². The summed E-state index contributed by atoms with van der Waals surface area (Å²) in [5.74, 6) is -2.10. The Morgan fingerprint density at radius 3 is 2.71 bits per heavy atom. The molecule has 1 aromatic heterocycles. The van der Waals surface area contributed by atoms with Crippen molar-refractivity contribution in [3.05, 3.63) is 28.7 Å². The second kappa shape index (κ2) is 5.51. The first-order valence-electron chi connectivity index (χ1n) is 5.85. The maximum Gasteiger partial charge on any atom is 0.573 e. The van der Waals surface area contributed by atoms with Gasteiger partial charge in [0.05, 0.1) is 12.1 Å². The van der Waals surface area contributed by atoms with Crippen LogP contribution in [0, 0.1) is 0 Å². The molecule has 0 N–H and O–H groups in total. The molecule has 0 unspecified atom stereocenters. The Balaban J connectivity index is 2.40. The summed E-state index contributed by atoms with van der Waals surface area (Å²) in [6, 6.07) is 3.12. The second-order valence-corrected chi connectivity index (χ2v) is 3.94. The quantitative estimate of drug-likeness (QED) is 0.809. The van der Waals surface area contributed by atoms with Crippen LogP contribution in [0.4, 0.5) is 13.2 Å². The maximum absolute atomic E-state index is 12.2. The number of alkyl halides is 3. The van der Waals surface area contributed by atoms with Crippen molar-refractivity contribution in [3.63, 3.8) is 0 Å². The lowest BCUT2D eigenvalue weighted by atomic mass is 10.3. The third-order valence-corrected chi connectivity index (χ3v) is 2.46. The van der Waals surface area contributed by atoms with E-state index in [1.165, 1.54) is 0 Å². The second-order valence-electron chi connectivity index (χ2n) is 3.94. The van der Waals surface area contributed by atoms with Gasteiger partial charge in [0.15, 0.2) is 5.58 Å². The molecular formula is C12H10F3NO5. The summed E-state index contributed by atoms with van der Waals surface area (Å²) in [6.07, 6.45) is -4.86. The van der Waals surface area contributed by atoms with Gasteiger partial charge < -0.3 is 13.9 Å². The summed E-state index contributed by atoms with van der Waals surface area (Å²) >= 11 is 0. The number of benzene rings is 1. The zero-order valence-corrected chi connectivity index (χ0v) is 10.8. The molecule has 0 atom stereocenters. The number of rotatable bonds is 4. The number of aromatic nitrogens is 1. The van der Waals surface area contributed by atoms with E-state index in [-0.39, 0.29) is 17.7 Å². The van der Waals surface area contributed by atoms with Crippen LogP contribution in [-0.2, 0) is 16.1 Å². The molecule has 1 aromatic carbocycles. The van der Waals surface area contributed by atoms with Crippen LogP contribution in [0.2, 0.25) is 0 Å². The molecule has 114 valence electrons. The number of nitrogens with zero attached hydrogens (tertiary/aromatic N) is 1. The molecule has 0 amide bonds. The van der Waals surface area contributed by atoms with Crippen LogP contribution in [0.5, 0.6) is 5.75 Å². The SMILES string of the molecule is CCOC(=O)Cn1c(=O)oc2ccc(OC(F)(F)F)cc21. The number of esters is 1. The zero-order valence-electron chi connectivity index (χ0n) is 10.8. The average molecular weight is 305 g/mol. The van der Waals surface area contributed by atoms with Crippen molar-refractivity contribution >= 4 is 17.1 Å². The summed E-state index contributed by atoms with van der Waals surface area (Å²) in [6.45, 7) is 1.24. The first kappa shape index (κ1) is 14.9. The molecule has 2 rings (SSSR count). The van der Waals surface area contributed by atoms with E-state index in [0.717, 1.165) is 22.8 Å². The molecule has 0 aliphatic heterocycles. The molecule has 1 heterocycles. The Kier molecular flexibility index (Phi) is 3.92. The van der Waals surface area contributed by atoms with Gasteiger partial charge in [-0.25, -0.2) is 4.79 Å². The van der Waals surface area contributed by atoms with Crippen molar-refractivity contribution in [2.45, 2.75) is 19.8 Å². The molecule has 0 saturated carbocycles. The molecule has 2 aromatic rings. The van der Waals surface area contributed by atoms with Gasteiger partial charge in [-0.2, -0.15) is 0 Å². The molecule has 0 spiro atoms. The summed E-state index contributed by atoms with van der Waals surface area (Å²) in [4.78, 5) is 23.0. The van der Waals surface area contributed by atoms with E-state index in [4.69, 9.17) is 4.42 Å². The number of fused-ring (bicyclic) bond motifs is 1. The zero-order chi connectivity index (χ0) is 15.6. The Morgan fingerprint density at radius 1 is 1.38 bits per heavy atom. The van der Waals surface area contributed by atoms with E-state index in [2.05, 4.69) is 9.47 Å². The minimum Gasteiger partial charge on any atom is -0.465 e. The normalized spacial score (nSPS) is 11.6. The summed E-state index contributed by atoms with van der Waals surface area (Å²) in [5.41, 5.74) is 0.0497. The van der Waals surface area contributed by atoms with Crippen LogP contribution < -0.4 is 10.5 Å². The van der Waals surface area contributed by atoms with Gasteiger partial charge in [-0.3, -0.25) is 9.36 Å². The Labute approximate surface area is 115 Å². The minimum atomic E-state index is -4.86. The van der Waals surface area contributed by atoms with Gasteiger partial charge >= 0.3 is 18.1 Å². The van der Waals surface area contributed by atoms with Crippen LogP contribution in [0.25, 0.3) is 11.1 Å². The number of oxazole rings is 1. The van der Waals surface area contributed by atoms with Gasteiger partial charge in [-0.1, -0.05) is 0 Å². The van der Waals surface area contributed by atoms with E-state index >= 15 is 0 Å². The number of halogens is 3. The van der Waals surface area contributed by atoms with Crippen molar-refractivity contribution in [1.29, 1.82) is 0 Å². The van der Waals surface area contributed by atoms with Crippen molar-refractivity contribution in [2.24, 2.45) is 0 Å². The van der Waals surface area contributed by atoms with Crippen molar-refractivity contribution in [2.75, 3.05) is 6.61 Å². The Hall–Kier alpha value is -2.45. The third kappa shape index (κ3) is 3.56. The molecule has 0 aliphatic rings. The molecule has 0 radical (unpaired) electrons. The summed E-state index contributed by atoms with van der Waals surface area (Å²) in [7, 11) is 0. The molecule has 6 nitrogen and oxygen atoms in total. The molecular weight excluding hydrogens is 295 g/mol. The summed E-state index contributed by atoms with van der Waals surface area (Å²) < 4.78 is 50.6. The predicted octanol–water partition coefficient (Wildman–Crippen LogP) is 2.06. The highest BCUT2D eigenvalue weighted by Gasteiger charge is 2.31. The topological polar surface area (TPSA) is 70.7 Å². The van der Waals surface area contributed by atoms with Gasteiger partial charge in [0.2, 0.25) is 0 Å². The third-order valence-electron chi connectivity index (χ3n) is 2.46. The van der Waals surface area contributed by atoms with E-state index in [1.807, 2.05) is 0 Å². The maximum atomic E-state index is 12.2. The van der Waals surface area contributed by atoms with E-state index in [0.29, 0.717) is 0 Å². The first-order chi connectivity index (χ1) is 9.80. The van der Waals surface area contributed by atoms with Crippen LogP contribution in [0.15, 0.2) is 27.4 Å². The van der Waals surface area contributed by atoms with Crippen LogP contribution in [-0.4, -0.2) is 23.5 Å². The fourth-order valence-corrected chi connectivity index (χ4v) is 1.72. The van der Waals surface area contributed by atoms with Gasteiger partial charge in [-0.15, -0.1) is 13.2 Å². The molecule has 0 fully saturated rings. The molecule has 0 bridgehead atoms. The highest BCUT2D eigenvalue weighted by molar-refractivity contribution is 5.77. The fraction of sp³-hybridized carbons (Fsp3) is 0.333. The number of carbonyl (C=O) groups is 1. The average Bonchev–Trinajstić information content (AvgIpc) is 2.64. The van der Waals surface area contributed by atoms with Crippen LogP contribution >= 0.6 is 0 Å². The number of hydrogen-bond donors (Lipinski definition) is 0. The Morgan fingerprint density at radius 2 is 2.10 bits per heavy atom. The number of ether oxygens (including phenoxy) is 2. The van der Waals surface area contributed by atoms with E-state index in [9.17, 15) is 22.8 Å². The van der Waals surface area contributed by atoms with Crippen molar-refractivity contribution in [1.82, 2.24) is 4.57 Å². The van der Waals surface area contributed by atoms with Gasteiger partial charge in [0.25, 0.3) is 0 Å². The lowest BCUT2D eigenvalue weighted by molar-refractivity contribution is -0.274. The lowest BCUT2D eigenvalue weighted by Gasteiger charge is -2.08. The lowest BCUT2D eigenvalue weighted by Crippen LogP contribution is -2.21. The minimum absolute atomic E-state index is 0.00908. The molecule has 0 aliphatic carbocycles. The molecule has 9 heteroatoms. The first-order valence-corrected chi connectivity index (χ1v) is 5.85. The highest BCUT2D eigenvalue weighted by atomic mass is 19.4. The molecule has 21 heavy (non-hydrogen) atoms. The standard InChI is InChI=1S/C12H10F3NO5/c1-2-19-10(17)6-16-8-5-7(21-12(13,14)15)3-4-9(8)20-11(16)18/h3-5H,2,6H2,1H3. The largest absolute Gasteiger partial charge is 0.573 e. The van der Waals surface area contributed by atoms with E-state index < -0.39 is 30.4 Å². The monoisotopic (exact) mass is 305 g/mol. The van der Waals surface area contributed by atoms with Gasteiger partial charge in [0.1, 0.15) is 12.3 Å². The van der Waals surface area contributed by atoms with Crippen molar-refractivity contribution in [3.8, 4) is 5.75 Å². The van der Waals surface area contributed by atoms with Gasteiger partial charge in [0, 0.05) is 6.07 Å². The number of carbonyl (C=O) groups excluding carboxylic acids is 1. The van der Waals surface area contributed by atoms with E-state index in [1.54, 1.807) is 6.92 Å². The Bertz CT molecular complexity index is 716.